The number of carbonyl (C=O) groups is 1. The number of nitrogens with zero attached hydrogens (tertiary/aromatic N) is 4. The number of aryl methyl sites for hydroxylation is 1. The van der Waals surface area contributed by atoms with Crippen LogP contribution >= 0.6 is 0 Å². The Balaban J connectivity index is 1.75. The van der Waals surface area contributed by atoms with Crippen molar-refractivity contribution in [1.82, 2.24) is 25.1 Å². The van der Waals surface area contributed by atoms with E-state index in [1.165, 1.54) is 0 Å². The summed E-state index contributed by atoms with van der Waals surface area (Å²) >= 11 is 0. The minimum Gasteiger partial charge on any atom is -0.354 e. The molecule has 3 rings (SSSR count). The Morgan fingerprint density at radius 1 is 1.15 bits per heavy atom. The molecule has 0 spiro atoms. The van der Waals surface area contributed by atoms with Gasteiger partial charge in [0.05, 0.1) is 11.4 Å². The fourth-order valence-corrected chi connectivity index (χ4v) is 2.58. The van der Waals surface area contributed by atoms with Gasteiger partial charge in [-0.2, -0.15) is 5.10 Å². The first kappa shape index (κ1) is 17.8. The molecule has 134 valence electrons. The lowest BCUT2D eigenvalue weighted by Crippen LogP contribution is -2.30. The molecule has 0 aliphatic rings. The summed E-state index contributed by atoms with van der Waals surface area (Å²) in [6, 6.07) is 11.9. The van der Waals surface area contributed by atoms with Gasteiger partial charge in [-0.15, -0.1) is 0 Å². The van der Waals surface area contributed by atoms with Gasteiger partial charge < -0.3 is 5.32 Å². The van der Waals surface area contributed by atoms with Gasteiger partial charge in [0.25, 0.3) is 0 Å². The van der Waals surface area contributed by atoms with Gasteiger partial charge in [0.1, 0.15) is 12.4 Å². The van der Waals surface area contributed by atoms with Crippen LogP contribution in [-0.2, 0) is 11.3 Å². The summed E-state index contributed by atoms with van der Waals surface area (Å²) in [7, 11) is 0. The van der Waals surface area contributed by atoms with Crippen LogP contribution in [0.3, 0.4) is 0 Å². The van der Waals surface area contributed by atoms with Crippen LogP contribution < -0.4 is 5.32 Å². The molecule has 0 saturated carbocycles. The van der Waals surface area contributed by atoms with Crippen molar-refractivity contribution in [3.8, 4) is 22.5 Å². The zero-order valence-corrected chi connectivity index (χ0v) is 15.3. The van der Waals surface area contributed by atoms with Crippen molar-refractivity contribution in [2.75, 3.05) is 6.54 Å². The van der Waals surface area contributed by atoms with Crippen molar-refractivity contribution in [3.63, 3.8) is 0 Å². The molecule has 0 atom stereocenters. The molecule has 6 nitrogen and oxygen atoms in total. The average Bonchev–Trinajstić information content (AvgIpc) is 3.08. The predicted molar refractivity (Wildman–Crippen MR) is 101 cm³/mol. The Morgan fingerprint density at radius 3 is 2.65 bits per heavy atom. The van der Waals surface area contributed by atoms with E-state index in [1.807, 2.05) is 49.5 Å². The molecule has 0 unspecified atom stereocenters. The van der Waals surface area contributed by atoms with E-state index in [-0.39, 0.29) is 12.5 Å². The topological polar surface area (TPSA) is 72.7 Å². The first-order valence-corrected chi connectivity index (χ1v) is 8.72. The van der Waals surface area contributed by atoms with Gasteiger partial charge in [0, 0.05) is 30.1 Å². The lowest BCUT2D eigenvalue weighted by atomic mass is 10.1. The highest BCUT2D eigenvalue weighted by atomic mass is 16.2. The molecule has 0 saturated heterocycles. The number of hydrogen-bond donors (Lipinski definition) is 1. The highest BCUT2D eigenvalue weighted by Crippen LogP contribution is 2.24. The van der Waals surface area contributed by atoms with Crippen LogP contribution in [0.2, 0.25) is 0 Å². The Bertz CT molecular complexity index is 900. The summed E-state index contributed by atoms with van der Waals surface area (Å²) in [6.07, 6.45) is 3.58. The standard InChI is InChI=1S/C20H23N5O/c1-14(2)12-22-20(26)13-25-10-8-19(24-25)17-6-4-5-16(11-17)18-7-9-21-15(3)23-18/h4-11,14H,12-13H2,1-3H3,(H,22,26). The van der Waals surface area contributed by atoms with Gasteiger partial charge in [-0.25, -0.2) is 9.97 Å². The van der Waals surface area contributed by atoms with E-state index >= 15 is 0 Å². The van der Waals surface area contributed by atoms with Gasteiger partial charge in [-0.05, 0) is 31.0 Å². The number of carbonyl (C=O) groups excluding carboxylic acids is 1. The molecule has 0 aliphatic heterocycles. The smallest absolute Gasteiger partial charge is 0.241 e. The molecule has 0 aliphatic carbocycles. The highest BCUT2D eigenvalue weighted by molar-refractivity contribution is 5.75. The fraction of sp³-hybridized carbons (Fsp3) is 0.300. The summed E-state index contributed by atoms with van der Waals surface area (Å²) in [5.41, 5.74) is 3.71. The van der Waals surface area contributed by atoms with Gasteiger partial charge >= 0.3 is 0 Å². The van der Waals surface area contributed by atoms with Crippen molar-refractivity contribution < 1.29 is 4.79 Å². The molecule has 1 aromatic carbocycles. The molecule has 0 bridgehead atoms. The first-order valence-electron chi connectivity index (χ1n) is 8.72. The Kier molecular flexibility index (Phi) is 5.41. The summed E-state index contributed by atoms with van der Waals surface area (Å²) in [6.45, 7) is 6.90. The fourth-order valence-electron chi connectivity index (χ4n) is 2.58. The maximum atomic E-state index is 11.9. The summed E-state index contributed by atoms with van der Waals surface area (Å²) in [5.74, 6) is 1.14. The third-order valence-corrected chi connectivity index (χ3v) is 3.88. The lowest BCUT2D eigenvalue weighted by Gasteiger charge is -2.07. The lowest BCUT2D eigenvalue weighted by molar-refractivity contribution is -0.122. The van der Waals surface area contributed by atoms with Crippen LogP contribution in [0.4, 0.5) is 0 Å². The van der Waals surface area contributed by atoms with Crippen LogP contribution in [0.5, 0.6) is 0 Å². The van der Waals surface area contributed by atoms with Gasteiger partial charge in [0.2, 0.25) is 5.91 Å². The Morgan fingerprint density at radius 2 is 1.92 bits per heavy atom. The van der Waals surface area contributed by atoms with E-state index in [0.717, 1.165) is 28.3 Å². The average molecular weight is 349 g/mol. The van der Waals surface area contributed by atoms with Crippen LogP contribution in [0.1, 0.15) is 19.7 Å². The SMILES string of the molecule is Cc1nccc(-c2cccc(-c3ccn(CC(=O)NCC(C)C)n3)c2)n1. The molecule has 0 fully saturated rings. The predicted octanol–water partition coefficient (Wildman–Crippen LogP) is 3.09. The number of aromatic nitrogens is 4. The monoisotopic (exact) mass is 349 g/mol. The van der Waals surface area contributed by atoms with E-state index in [0.29, 0.717) is 12.5 Å². The minimum atomic E-state index is -0.0291. The summed E-state index contributed by atoms with van der Waals surface area (Å²) < 4.78 is 1.66. The summed E-state index contributed by atoms with van der Waals surface area (Å²) in [4.78, 5) is 20.6. The van der Waals surface area contributed by atoms with Gasteiger partial charge in [-0.1, -0.05) is 32.0 Å². The molecule has 26 heavy (non-hydrogen) atoms. The van der Waals surface area contributed by atoms with Crippen molar-refractivity contribution in [3.05, 3.63) is 54.6 Å². The molecule has 1 N–H and O–H groups in total. The highest BCUT2D eigenvalue weighted by Gasteiger charge is 2.08. The number of hydrogen-bond acceptors (Lipinski definition) is 4. The third-order valence-electron chi connectivity index (χ3n) is 3.88. The second-order valence-corrected chi connectivity index (χ2v) is 6.67. The maximum absolute atomic E-state index is 11.9. The van der Waals surface area contributed by atoms with Crippen molar-refractivity contribution in [2.45, 2.75) is 27.3 Å². The molecule has 3 aromatic rings. The molecule has 2 aromatic heterocycles. The number of nitrogens with one attached hydrogen (secondary N) is 1. The second kappa shape index (κ2) is 7.91. The maximum Gasteiger partial charge on any atom is 0.241 e. The third kappa shape index (κ3) is 4.53. The number of amides is 1. The van der Waals surface area contributed by atoms with Crippen LogP contribution in [0.15, 0.2) is 48.8 Å². The first-order chi connectivity index (χ1) is 12.5. The minimum absolute atomic E-state index is 0.0291. The zero-order chi connectivity index (χ0) is 18.5. The molecule has 6 heteroatoms. The van der Waals surface area contributed by atoms with Crippen molar-refractivity contribution in [2.24, 2.45) is 5.92 Å². The van der Waals surface area contributed by atoms with E-state index in [1.54, 1.807) is 10.9 Å². The normalized spacial score (nSPS) is 10.9. The number of benzene rings is 1. The van der Waals surface area contributed by atoms with Crippen LogP contribution in [0.25, 0.3) is 22.5 Å². The molecule has 0 radical (unpaired) electrons. The van der Waals surface area contributed by atoms with E-state index in [2.05, 4.69) is 34.2 Å². The Hall–Kier alpha value is -3.02. The Labute approximate surface area is 153 Å². The molecular formula is C20H23N5O. The van der Waals surface area contributed by atoms with Crippen LogP contribution in [-0.4, -0.2) is 32.2 Å². The molecular weight excluding hydrogens is 326 g/mol. The largest absolute Gasteiger partial charge is 0.354 e. The van der Waals surface area contributed by atoms with Gasteiger partial charge in [-0.3, -0.25) is 9.48 Å². The number of rotatable bonds is 6. The van der Waals surface area contributed by atoms with Crippen LogP contribution in [0, 0.1) is 12.8 Å². The van der Waals surface area contributed by atoms with E-state index in [4.69, 9.17) is 0 Å². The van der Waals surface area contributed by atoms with E-state index < -0.39 is 0 Å². The molecule has 1 amide bonds. The quantitative estimate of drug-likeness (QED) is 0.742. The molecule has 2 heterocycles. The zero-order valence-electron chi connectivity index (χ0n) is 15.3. The van der Waals surface area contributed by atoms with Crippen molar-refractivity contribution >= 4 is 5.91 Å². The van der Waals surface area contributed by atoms with E-state index in [9.17, 15) is 4.79 Å². The summed E-state index contributed by atoms with van der Waals surface area (Å²) in [5, 5.41) is 7.42. The second-order valence-electron chi connectivity index (χ2n) is 6.67. The van der Waals surface area contributed by atoms with Gasteiger partial charge in [0.15, 0.2) is 0 Å². The van der Waals surface area contributed by atoms with Crippen molar-refractivity contribution in [1.29, 1.82) is 0 Å².